The zero-order valence-corrected chi connectivity index (χ0v) is 10.8. The van der Waals surface area contributed by atoms with Crippen molar-refractivity contribution in [3.05, 3.63) is 22.8 Å². The van der Waals surface area contributed by atoms with Crippen LogP contribution < -0.4 is 4.74 Å². The molecule has 0 amide bonds. The van der Waals surface area contributed by atoms with Crippen molar-refractivity contribution >= 4 is 0 Å². The number of phenols is 1. The Morgan fingerprint density at radius 2 is 1.88 bits per heavy atom. The van der Waals surface area contributed by atoms with E-state index in [1.807, 2.05) is 19.9 Å². The van der Waals surface area contributed by atoms with Crippen molar-refractivity contribution in [1.82, 2.24) is 0 Å². The van der Waals surface area contributed by atoms with Gasteiger partial charge in [0.1, 0.15) is 11.5 Å². The number of hydrogen-bond donors (Lipinski definition) is 1. The van der Waals surface area contributed by atoms with Crippen molar-refractivity contribution in [3.8, 4) is 11.5 Å². The quantitative estimate of drug-likeness (QED) is 0.824. The number of benzene rings is 1. The molecule has 0 unspecified atom stereocenters. The average molecular weight is 222 g/mol. The highest BCUT2D eigenvalue weighted by Gasteiger charge is 2.13. The maximum atomic E-state index is 10.0. The highest BCUT2D eigenvalue weighted by atomic mass is 16.5. The molecule has 16 heavy (non-hydrogen) atoms. The second-order valence-corrected chi connectivity index (χ2v) is 4.04. The average Bonchev–Trinajstić information content (AvgIpc) is 2.30. The van der Waals surface area contributed by atoms with Gasteiger partial charge in [-0.3, -0.25) is 0 Å². The van der Waals surface area contributed by atoms with Crippen LogP contribution in [-0.4, -0.2) is 11.7 Å². The highest BCUT2D eigenvalue weighted by Crippen LogP contribution is 2.33. The molecule has 0 fully saturated rings. The van der Waals surface area contributed by atoms with Gasteiger partial charge in [-0.05, 0) is 43.4 Å². The van der Waals surface area contributed by atoms with Crippen LogP contribution in [0.15, 0.2) is 6.07 Å². The van der Waals surface area contributed by atoms with Crippen molar-refractivity contribution in [2.24, 2.45) is 0 Å². The molecular weight excluding hydrogens is 200 g/mol. The van der Waals surface area contributed by atoms with Crippen LogP contribution in [0.25, 0.3) is 0 Å². The molecule has 0 aliphatic heterocycles. The Labute approximate surface area is 98.3 Å². The normalized spacial score (nSPS) is 10.5. The van der Waals surface area contributed by atoms with Crippen molar-refractivity contribution in [3.63, 3.8) is 0 Å². The number of rotatable bonds is 5. The van der Waals surface area contributed by atoms with Crippen LogP contribution in [0.4, 0.5) is 0 Å². The molecule has 2 nitrogen and oxygen atoms in total. The summed E-state index contributed by atoms with van der Waals surface area (Å²) in [6, 6.07) is 1.98. The molecule has 1 rings (SSSR count). The third-order valence-electron chi connectivity index (χ3n) is 2.91. The van der Waals surface area contributed by atoms with Gasteiger partial charge in [-0.15, -0.1) is 0 Å². The number of aryl methyl sites for hydroxylation is 1. The molecule has 0 aromatic heterocycles. The molecule has 0 saturated heterocycles. The standard InChI is InChI=1S/C14H22O2/c1-5-8-16-13-9-11(6-2)14(15)10(4)12(13)7-3/h9,15H,5-8H2,1-4H3. The van der Waals surface area contributed by atoms with Gasteiger partial charge in [-0.25, -0.2) is 0 Å². The predicted octanol–water partition coefficient (Wildman–Crippen LogP) is 3.61. The van der Waals surface area contributed by atoms with E-state index in [1.54, 1.807) is 0 Å². The molecule has 0 spiro atoms. The smallest absolute Gasteiger partial charge is 0.123 e. The molecule has 1 N–H and O–H groups in total. The Kier molecular flexibility index (Phi) is 4.66. The second-order valence-electron chi connectivity index (χ2n) is 4.04. The van der Waals surface area contributed by atoms with Gasteiger partial charge in [-0.2, -0.15) is 0 Å². The van der Waals surface area contributed by atoms with E-state index in [9.17, 15) is 5.11 Å². The molecule has 0 aliphatic rings. The largest absolute Gasteiger partial charge is 0.507 e. The lowest BCUT2D eigenvalue weighted by Crippen LogP contribution is -2.02. The van der Waals surface area contributed by atoms with E-state index in [0.717, 1.165) is 48.3 Å². The number of aromatic hydroxyl groups is 1. The molecule has 0 heterocycles. The number of hydrogen-bond acceptors (Lipinski definition) is 2. The molecule has 0 radical (unpaired) electrons. The second kappa shape index (κ2) is 5.78. The summed E-state index contributed by atoms with van der Waals surface area (Å²) in [6.07, 6.45) is 2.73. The van der Waals surface area contributed by atoms with Crippen LogP contribution in [0.2, 0.25) is 0 Å². The Bertz CT molecular complexity index is 356. The minimum absolute atomic E-state index is 0.434. The molecule has 2 heteroatoms. The summed E-state index contributed by atoms with van der Waals surface area (Å²) in [6.45, 7) is 8.93. The van der Waals surface area contributed by atoms with Crippen LogP contribution in [0.5, 0.6) is 11.5 Å². The lowest BCUT2D eigenvalue weighted by atomic mass is 9.99. The maximum absolute atomic E-state index is 10.0. The van der Waals surface area contributed by atoms with Crippen molar-refractivity contribution < 1.29 is 9.84 Å². The van der Waals surface area contributed by atoms with Crippen molar-refractivity contribution in [2.45, 2.75) is 47.0 Å². The fourth-order valence-corrected chi connectivity index (χ4v) is 1.93. The van der Waals surface area contributed by atoms with E-state index in [0.29, 0.717) is 5.75 Å². The highest BCUT2D eigenvalue weighted by molar-refractivity contribution is 5.52. The fourth-order valence-electron chi connectivity index (χ4n) is 1.93. The maximum Gasteiger partial charge on any atom is 0.123 e. The lowest BCUT2D eigenvalue weighted by molar-refractivity contribution is 0.313. The van der Waals surface area contributed by atoms with Crippen molar-refractivity contribution in [2.75, 3.05) is 6.61 Å². The van der Waals surface area contributed by atoms with Crippen molar-refractivity contribution in [1.29, 1.82) is 0 Å². The molecule has 0 atom stereocenters. The minimum atomic E-state index is 0.434. The Morgan fingerprint density at radius 3 is 2.38 bits per heavy atom. The summed E-state index contributed by atoms with van der Waals surface area (Å²) in [4.78, 5) is 0. The van der Waals surface area contributed by atoms with Crippen LogP contribution >= 0.6 is 0 Å². The number of ether oxygens (including phenoxy) is 1. The molecule has 0 saturated carbocycles. The van der Waals surface area contributed by atoms with Gasteiger partial charge < -0.3 is 9.84 Å². The first-order valence-electron chi connectivity index (χ1n) is 6.12. The first-order valence-corrected chi connectivity index (χ1v) is 6.12. The minimum Gasteiger partial charge on any atom is -0.507 e. The Balaban J connectivity index is 3.18. The van der Waals surface area contributed by atoms with Gasteiger partial charge in [0.25, 0.3) is 0 Å². The lowest BCUT2D eigenvalue weighted by Gasteiger charge is -2.16. The summed E-state index contributed by atoms with van der Waals surface area (Å²) in [5.41, 5.74) is 3.07. The van der Waals surface area contributed by atoms with Crippen LogP contribution in [0, 0.1) is 6.92 Å². The van der Waals surface area contributed by atoms with E-state index in [4.69, 9.17) is 4.74 Å². The zero-order chi connectivity index (χ0) is 12.1. The van der Waals surface area contributed by atoms with Gasteiger partial charge in [-0.1, -0.05) is 20.8 Å². The SMILES string of the molecule is CCCOc1cc(CC)c(O)c(C)c1CC. The summed E-state index contributed by atoms with van der Waals surface area (Å²) < 4.78 is 5.74. The molecule has 0 aliphatic carbocycles. The van der Waals surface area contributed by atoms with E-state index in [2.05, 4.69) is 13.8 Å². The first kappa shape index (κ1) is 12.9. The summed E-state index contributed by atoms with van der Waals surface area (Å²) in [5.74, 6) is 1.37. The summed E-state index contributed by atoms with van der Waals surface area (Å²) >= 11 is 0. The van der Waals surface area contributed by atoms with Crippen LogP contribution in [0.3, 0.4) is 0 Å². The van der Waals surface area contributed by atoms with Gasteiger partial charge in [0.2, 0.25) is 0 Å². The van der Waals surface area contributed by atoms with E-state index in [1.165, 1.54) is 0 Å². The first-order chi connectivity index (χ1) is 7.65. The van der Waals surface area contributed by atoms with Crippen LogP contribution in [-0.2, 0) is 12.8 Å². The van der Waals surface area contributed by atoms with Gasteiger partial charge in [0.15, 0.2) is 0 Å². The third kappa shape index (κ3) is 2.49. The van der Waals surface area contributed by atoms with E-state index in [-0.39, 0.29) is 0 Å². The third-order valence-corrected chi connectivity index (χ3v) is 2.91. The Hall–Kier alpha value is -1.18. The molecular formula is C14H22O2. The molecule has 1 aromatic rings. The van der Waals surface area contributed by atoms with Gasteiger partial charge >= 0.3 is 0 Å². The predicted molar refractivity (Wildman–Crippen MR) is 67.4 cm³/mol. The molecule has 1 aromatic carbocycles. The summed E-state index contributed by atoms with van der Waals surface area (Å²) in [7, 11) is 0. The zero-order valence-electron chi connectivity index (χ0n) is 10.8. The summed E-state index contributed by atoms with van der Waals surface area (Å²) in [5, 5.41) is 10.0. The monoisotopic (exact) mass is 222 g/mol. The topological polar surface area (TPSA) is 29.5 Å². The number of phenolic OH excluding ortho intramolecular Hbond substituents is 1. The van der Waals surface area contributed by atoms with Crippen LogP contribution in [0.1, 0.15) is 43.9 Å². The van der Waals surface area contributed by atoms with Gasteiger partial charge in [0.05, 0.1) is 6.61 Å². The van der Waals surface area contributed by atoms with E-state index >= 15 is 0 Å². The van der Waals surface area contributed by atoms with Gasteiger partial charge in [0, 0.05) is 5.56 Å². The van der Waals surface area contributed by atoms with E-state index < -0.39 is 0 Å². The molecule has 0 bridgehead atoms. The fraction of sp³-hybridized carbons (Fsp3) is 0.571. The molecule has 90 valence electrons. The Morgan fingerprint density at radius 1 is 1.19 bits per heavy atom.